The molecule has 0 spiro atoms. The molecule has 1 aromatic heterocycles. The van der Waals surface area contributed by atoms with E-state index in [0.29, 0.717) is 5.82 Å². The van der Waals surface area contributed by atoms with Crippen molar-refractivity contribution in [2.24, 2.45) is 0 Å². The Bertz CT molecular complexity index is 627. The highest BCUT2D eigenvalue weighted by molar-refractivity contribution is 6.30. The van der Waals surface area contributed by atoms with Gasteiger partial charge in [-0.3, -0.25) is 0 Å². The van der Waals surface area contributed by atoms with Crippen LogP contribution in [0, 0.1) is 0 Å². The van der Waals surface area contributed by atoms with E-state index in [1.54, 1.807) is 0 Å². The molecule has 0 amide bonds. The molecule has 2 N–H and O–H groups in total. The SMILES string of the molecule is CC(C)c1c(N)ncnc1N(C)C(C)c1cccc(Cl)c1. The molecule has 1 heterocycles. The van der Waals surface area contributed by atoms with Gasteiger partial charge in [0.2, 0.25) is 0 Å². The molecular weight excluding hydrogens is 284 g/mol. The Kier molecular flexibility index (Phi) is 4.68. The van der Waals surface area contributed by atoms with Crippen LogP contribution in [0.25, 0.3) is 0 Å². The number of benzene rings is 1. The van der Waals surface area contributed by atoms with Crippen LogP contribution in [0.2, 0.25) is 5.02 Å². The highest BCUT2D eigenvalue weighted by Gasteiger charge is 2.20. The van der Waals surface area contributed by atoms with Crippen LogP contribution in [-0.4, -0.2) is 17.0 Å². The van der Waals surface area contributed by atoms with Crippen LogP contribution >= 0.6 is 11.6 Å². The van der Waals surface area contributed by atoms with Crippen molar-refractivity contribution in [2.45, 2.75) is 32.7 Å². The van der Waals surface area contributed by atoms with E-state index < -0.39 is 0 Å². The lowest BCUT2D eigenvalue weighted by Crippen LogP contribution is -2.25. The molecule has 1 atom stereocenters. The summed E-state index contributed by atoms with van der Waals surface area (Å²) in [4.78, 5) is 10.7. The molecule has 0 bridgehead atoms. The number of nitrogens with two attached hydrogens (primary N) is 1. The summed E-state index contributed by atoms with van der Waals surface area (Å²) in [5.41, 5.74) is 8.14. The maximum Gasteiger partial charge on any atom is 0.137 e. The fourth-order valence-corrected chi connectivity index (χ4v) is 2.61. The molecule has 0 aliphatic carbocycles. The van der Waals surface area contributed by atoms with E-state index in [9.17, 15) is 0 Å². The second kappa shape index (κ2) is 6.31. The van der Waals surface area contributed by atoms with Crippen LogP contribution in [0.4, 0.5) is 11.6 Å². The number of aromatic nitrogens is 2. The molecule has 0 aliphatic rings. The second-order valence-electron chi connectivity index (χ2n) is 5.49. The third-order valence-corrected chi connectivity index (χ3v) is 3.95. The van der Waals surface area contributed by atoms with Crippen molar-refractivity contribution in [1.29, 1.82) is 0 Å². The van der Waals surface area contributed by atoms with E-state index in [4.69, 9.17) is 17.3 Å². The fourth-order valence-electron chi connectivity index (χ4n) is 2.41. The summed E-state index contributed by atoms with van der Waals surface area (Å²) in [7, 11) is 2.01. The predicted octanol–water partition coefficient (Wildman–Crippen LogP) is 4.03. The quantitative estimate of drug-likeness (QED) is 0.926. The summed E-state index contributed by atoms with van der Waals surface area (Å²) >= 11 is 6.08. The first-order valence-electron chi connectivity index (χ1n) is 7.00. The third-order valence-electron chi connectivity index (χ3n) is 3.72. The minimum atomic E-state index is 0.135. The molecule has 1 unspecified atom stereocenters. The van der Waals surface area contributed by atoms with Gasteiger partial charge in [-0.05, 0) is 30.5 Å². The second-order valence-corrected chi connectivity index (χ2v) is 5.93. The van der Waals surface area contributed by atoms with Gasteiger partial charge in [-0.2, -0.15) is 0 Å². The molecule has 21 heavy (non-hydrogen) atoms. The van der Waals surface area contributed by atoms with Crippen molar-refractivity contribution < 1.29 is 0 Å². The lowest BCUT2D eigenvalue weighted by Gasteiger charge is -2.29. The van der Waals surface area contributed by atoms with Gasteiger partial charge in [-0.15, -0.1) is 0 Å². The Morgan fingerprint density at radius 1 is 1.19 bits per heavy atom. The summed E-state index contributed by atoms with van der Waals surface area (Å²) in [6, 6.07) is 8.00. The summed E-state index contributed by atoms with van der Waals surface area (Å²) in [6.07, 6.45) is 1.51. The van der Waals surface area contributed by atoms with Crippen LogP contribution in [0.1, 0.15) is 43.9 Å². The highest BCUT2D eigenvalue weighted by Crippen LogP contribution is 2.33. The van der Waals surface area contributed by atoms with E-state index in [1.165, 1.54) is 6.33 Å². The number of nitrogens with zero attached hydrogens (tertiary/aromatic N) is 3. The van der Waals surface area contributed by atoms with Gasteiger partial charge in [0.25, 0.3) is 0 Å². The van der Waals surface area contributed by atoms with Gasteiger partial charge in [-0.25, -0.2) is 9.97 Å². The maximum atomic E-state index is 6.08. The van der Waals surface area contributed by atoms with Gasteiger partial charge >= 0.3 is 0 Å². The monoisotopic (exact) mass is 304 g/mol. The van der Waals surface area contributed by atoms with Gasteiger partial charge in [0.1, 0.15) is 18.0 Å². The smallest absolute Gasteiger partial charge is 0.137 e. The van der Waals surface area contributed by atoms with Gasteiger partial charge in [-0.1, -0.05) is 37.6 Å². The first kappa shape index (κ1) is 15.6. The summed E-state index contributed by atoms with van der Waals surface area (Å²) in [6.45, 7) is 6.31. The first-order chi connectivity index (χ1) is 9.91. The standard InChI is InChI=1S/C16H21ClN4/c1-10(2)14-15(18)19-9-20-16(14)21(4)11(3)12-6-5-7-13(17)8-12/h5-11H,1-4H3,(H2,18,19,20). The van der Waals surface area contributed by atoms with Crippen LogP contribution < -0.4 is 10.6 Å². The fraction of sp³-hybridized carbons (Fsp3) is 0.375. The topological polar surface area (TPSA) is 55.0 Å². The molecule has 0 saturated heterocycles. The largest absolute Gasteiger partial charge is 0.383 e. The van der Waals surface area contributed by atoms with Crippen molar-refractivity contribution in [3.63, 3.8) is 0 Å². The van der Waals surface area contributed by atoms with Crippen molar-refractivity contribution in [3.05, 3.63) is 46.7 Å². The Labute approximate surface area is 131 Å². The lowest BCUT2D eigenvalue weighted by molar-refractivity contribution is 0.712. The molecule has 2 rings (SSSR count). The van der Waals surface area contributed by atoms with Crippen molar-refractivity contribution >= 4 is 23.2 Å². The summed E-state index contributed by atoms with van der Waals surface area (Å²) in [5, 5.41) is 0.735. The lowest BCUT2D eigenvalue weighted by atomic mass is 10.0. The molecule has 0 aliphatic heterocycles. The summed E-state index contributed by atoms with van der Waals surface area (Å²) in [5.74, 6) is 1.67. The number of anilines is 2. The molecule has 0 saturated carbocycles. The average Bonchev–Trinajstić information content (AvgIpc) is 2.45. The predicted molar refractivity (Wildman–Crippen MR) is 88.8 cm³/mol. The van der Waals surface area contributed by atoms with Gasteiger partial charge in [0.15, 0.2) is 0 Å². The first-order valence-corrected chi connectivity index (χ1v) is 7.38. The average molecular weight is 305 g/mol. The number of nitrogen functional groups attached to an aromatic ring is 1. The van der Waals surface area contributed by atoms with Crippen LogP contribution in [0.5, 0.6) is 0 Å². The minimum absolute atomic E-state index is 0.135. The molecule has 4 nitrogen and oxygen atoms in total. The Hall–Kier alpha value is -1.81. The van der Waals surface area contributed by atoms with Crippen LogP contribution in [0.3, 0.4) is 0 Å². The van der Waals surface area contributed by atoms with E-state index in [1.807, 2.05) is 25.2 Å². The van der Waals surface area contributed by atoms with E-state index in [-0.39, 0.29) is 12.0 Å². The van der Waals surface area contributed by atoms with E-state index in [2.05, 4.69) is 41.7 Å². The highest BCUT2D eigenvalue weighted by atomic mass is 35.5. The molecule has 0 fully saturated rings. The maximum absolute atomic E-state index is 6.08. The normalized spacial score (nSPS) is 12.5. The minimum Gasteiger partial charge on any atom is -0.383 e. The van der Waals surface area contributed by atoms with Crippen LogP contribution in [-0.2, 0) is 0 Å². The molecular formula is C16H21ClN4. The molecule has 5 heteroatoms. The van der Waals surface area contributed by atoms with E-state index >= 15 is 0 Å². The number of hydrogen-bond donors (Lipinski definition) is 1. The van der Waals surface area contributed by atoms with Gasteiger partial charge < -0.3 is 10.6 Å². The van der Waals surface area contributed by atoms with Crippen molar-refractivity contribution in [2.75, 3.05) is 17.7 Å². The van der Waals surface area contributed by atoms with Crippen molar-refractivity contribution in [1.82, 2.24) is 9.97 Å². The van der Waals surface area contributed by atoms with Crippen LogP contribution in [0.15, 0.2) is 30.6 Å². The zero-order valence-corrected chi connectivity index (χ0v) is 13.6. The number of halogens is 1. The zero-order valence-electron chi connectivity index (χ0n) is 12.8. The van der Waals surface area contributed by atoms with Gasteiger partial charge in [0.05, 0.1) is 6.04 Å². The third kappa shape index (κ3) is 3.27. The Morgan fingerprint density at radius 2 is 1.90 bits per heavy atom. The Balaban J connectivity index is 2.40. The molecule has 1 aromatic carbocycles. The Morgan fingerprint density at radius 3 is 2.52 bits per heavy atom. The van der Waals surface area contributed by atoms with Gasteiger partial charge in [0, 0.05) is 17.6 Å². The van der Waals surface area contributed by atoms with Crippen molar-refractivity contribution in [3.8, 4) is 0 Å². The van der Waals surface area contributed by atoms with E-state index in [0.717, 1.165) is 22.0 Å². The zero-order chi connectivity index (χ0) is 15.6. The molecule has 2 aromatic rings. The number of rotatable bonds is 4. The molecule has 112 valence electrons. The molecule has 0 radical (unpaired) electrons. The summed E-state index contributed by atoms with van der Waals surface area (Å²) < 4.78 is 0. The number of hydrogen-bond acceptors (Lipinski definition) is 4.